The van der Waals surface area contributed by atoms with Crippen LogP contribution in [-0.2, 0) is 4.79 Å². The number of fused-ring (bicyclic) bond motifs is 2. The van der Waals surface area contributed by atoms with Gasteiger partial charge in [0.1, 0.15) is 5.75 Å². The fourth-order valence-electron chi connectivity index (χ4n) is 3.48. The van der Waals surface area contributed by atoms with Crippen LogP contribution in [0.15, 0.2) is 64.1 Å². The van der Waals surface area contributed by atoms with Gasteiger partial charge in [0.15, 0.2) is 6.61 Å². The Morgan fingerprint density at radius 3 is 2.97 bits per heavy atom. The average molecular weight is 432 g/mol. The fourth-order valence-corrected chi connectivity index (χ4v) is 4.45. The zero-order valence-electron chi connectivity index (χ0n) is 17.1. The number of anilines is 1. The minimum absolute atomic E-state index is 0.0388. The number of carbonyl (C=O) groups is 1. The van der Waals surface area contributed by atoms with Gasteiger partial charge in [-0.1, -0.05) is 18.2 Å². The molecule has 0 fully saturated rings. The number of aromatic amines is 1. The second kappa shape index (κ2) is 7.88. The molecule has 2 aromatic heterocycles. The summed E-state index contributed by atoms with van der Waals surface area (Å²) in [5, 5.41) is 10.8. The molecule has 1 aliphatic rings. The molecule has 0 saturated heterocycles. The third kappa shape index (κ3) is 3.77. The van der Waals surface area contributed by atoms with Crippen LogP contribution in [-0.4, -0.2) is 34.4 Å². The van der Waals surface area contributed by atoms with Crippen LogP contribution in [0.25, 0.3) is 22.2 Å². The van der Waals surface area contributed by atoms with E-state index >= 15 is 0 Å². The predicted molar refractivity (Wildman–Crippen MR) is 124 cm³/mol. The van der Waals surface area contributed by atoms with Crippen molar-refractivity contribution in [2.45, 2.75) is 19.9 Å². The Hall–Kier alpha value is -3.65. The number of H-pyrrole nitrogens is 1. The predicted octanol–water partition coefficient (Wildman–Crippen LogP) is 4.22. The standard InChI is InChI=1S/C23H21N5O2S/c1-14(2)26-23-28(25-11-16-10-24-18-6-4-3-5-17(16)18)20(13-31-23)15-7-8-21-19(9-15)27-22(29)12-30-21/h3-11,13-14,24H,12H2,1-2H3,(H,27,29). The summed E-state index contributed by atoms with van der Waals surface area (Å²) < 4.78 is 7.33. The van der Waals surface area contributed by atoms with Gasteiger partial charge in [-0.3, -0.25) is 9.79 Å². The van der Waals surface area contributed by atoms with Crippen molar-refractivity contribution >= 4 is 40.0 Å². The lowest BCUT2D eigenvalue weighted by molar-refractivity contribution is -0.118. The summed E-state index contributed by atoms with van der Waals surface area (Å²) in [7, 11) is 0. The Kier molecular flexibility index (Phi) is 4.91. The highest BCUT2D eigenvalue weighted by Gasteiger charge is 2.18. The number of carbonyl (C=O) groups excluding carboxylic acids is 1. The summed E-state index contributed by atoms with van der Waals surface area (Å²) in [5.41, 5.74) is 4.54. The number of ether oxygens (including phenoxy) is 1. The third-order valence-electron chi connectivity index (χ3n) is 4.90. The highest BCUT2D eigenvalue weighted by Crippen LogP contribution is 2.33. The fraction of sp³-hybridized carbons (Fsp3) is 0.174. The monoisotopic (exact) mass is 431 g/mol. The van der Waals surface area contributed by atoms with Crippen LogP contribution in [0.4, 0.5) is 5.69 Å². The van der Waals surface area contributed by atoms with E-state index in [0.717, 1.165) is 32.5 Å². The highest BCUT2D eigenvalue weighted by atomic mass is 32.1. The molecule has 8 heteroatoms. The number of nitrogens with zero attached hydrogens (tertiary/aromatic N) is 3. The topological polar surface area (TPSA) is 83.8 Å². The molecule has 2 N–H and O–H groups in total. The highest BCUT2D eigenvalue weighted by molar-refractivity contribution is 7.07. The first-order valence-corrected chi connectivity index (χ1v) is 10.9. The van der Waals surface area contributed by atoms with Crippen LogP contribution in [0.5, 0.6) is 5.75 Å². The van der Waals surface area contributed by atoms with Crippen LogP contribution in [0, 0.1) is 0 Å². The Balaban J connectivity index is 1.60. The number of amides is 1. The van der Waals surface area contributed by atoms with Gasteiger partial charge < -0.3 is 15.0 Å². The molecule has 1 aliphatic heterocycles. The molecule has 0 spiro atoms. The molecule has 0 saturated carbocycles. The molecule has 2 aromatic carbocycles. The largest absolute Gasteiger partial charge is 0.482 e. The Bertz CT molecular complexity index is 1380. The lowest BCUT2D eigenvalue weighted by atomic mass is 10.1. The van der Waals surface area contributed by atoms with Crippen molar-refractivity contribution in [2.24, 2.45) is 10.1 Å². The molecule has 0 bridgehead atoms. The molecule has 0 unspecified atom stereocenters. The van der Waals surface area contributed by atoms with E-state index in [-0.39, 0.29) is 18.6 Å². The smallest absolute Gasteiger partial charge is 0.262 e. The van der Waals surface area contributed by atoms with Crippen LogP contribution in [0.3, 0.4) is 0 Å². The van der Waals surface area contributed by atoms with Gasteiger partial charge in [0.2, 0.25) is 4.80 Å². The molecule has 156 valence electrons. The van der Waals surface area contributed by atoms with Crippen molar-refractivity contribution in [3.63, 3.8) is 0 Å². The molecule has 31 heavy (non-hydrogen) atoms. The van der Waals surface area contributed by atoms with Crippen LogP contribution in [0.1, 0.15) is 19.4 Å². The summed E-state index contributed by atoms with van der Waals surface area (Å²) in [6, 6.07) is 14.0. The summed E-state index contributed by atoms with van der Waals surface area (Å²) in [4.78, 5) is 20.5. The van der Waals surface area contributed by atoms with Gasteiger partial charge in [-0.2, -0.15) is 5.10 Å². The molecule has 0 aliphatic carbocycles. The van der Waals surface area contributed by atoms with E-state index in [1.54, 1.807) is 0 Å². The van der Waals surface area contributed by atoms with E-state index in [1.165, 1.54) is 11.3 Å². The van der Waals surface area contributed by atoms with Crippen LogP contribution < -0.4 is 14.9 Å². The Morgan fingerprint density at radius 2 is 2.10 bits per heavy atom. The van der Waals surface area contributed by atoms with Crippen molar-refractivity contribution in [3.05, 3.63) is 64.4 Å². The number of para-hydroxylation sites is 1. The SMILES string of the molecule is CC(C)N=c1scc(-c2ccc3c(c2)NC(=O)CO3)n1N=Cc1c[nH]c2ccccc12. The maximum Gasteiger partial charge on any atom is 0.262 e. The minimum Gasteiger partial charge on any atom is -0.482 e. The summed E-state index contributed by atoms with van der Waals surface area (Å²) >= 11 is 1.53. The maximum absolute atomic E-state index is 11.7. The molecular weight excluding hydrogens is 410 g/mol. The molecule has 0 radical (unpaired) electrons. The van der Waals surface area contributed by atoms with Gasteiger partial charge in [0.05, 0.1) is 17.6 Å². The van der Waals surface area contributed by atoms with Gasteiger partial charge in [0.25, 0.3) is 5.91 Å². The molecule has 7 nitrogen and oxygen atoms in total. The van der Waals surface area contributed by atoms with Crippen molar-refractivity contribution < 1.29 is 9.53 Å². The number of hydrogen-bond donors (Lipinski definition) is 2. The molecule has 1 amide bonds. The Morgan fingerprint density at radius 1 is 1.23 bits per heavy atom. The average Bonchev–Trinajstić information content (AvgIpc) is 3.35. The van der Waals surface area contributed by atoms with Crippen molar-refractivity contribution in [3.8, 4) is 17.0 Å². The van der Waals surface area contributed by atoms with E-state index < -0.39 is 0 Å². The van der Waals surface area contributed by atoms with Gasteiger partial charge in [-0.25, -0.2) is 4.68 Å². The zero-order chi connectivity index (χ0) is 21.4. The first kappa shape index (κ1) is 19.3. The molecule has 0 atom stereocenters. The molecule has 4 aromatic rings. The number of benzene rings is 2. The van der Waals surface area contributed by atoms with Gasteiger partial charge in [0, 0.05) is 39.6 Å². The lowest BCUT2D eigenvalue weighted by Crippen LogP contribution is -2.25. The van der Waals surface area contributed by atoms with E-state index in [1.807, 2.05) is 72.7 Å². The maximum atomic E-state index is 11.7. The van der Waals surface area contributed by atoms with E-state index in [2.05, 4.69) is 16.4 Å². The number of nitrogens with one attached hydrogen (secondary N) is 2. The number of thiazole rings is 1. The number of rotatable bonds is 4. The molecule has 5 rings (SSSR count). The second-order valence-electron chi connectivity index (χ2n) is 7.52. The Labute approximate surface area is 182 Å². The third-order valence-corrected chi connectivity index (χ3v) is 5.73. The van der Waals surface area contributed by atoms with Crippen LogP contribution >= 0.6 is 11.3 Å². The van der Waals surface area contributed by atoms with E-state index in [4.69, 9.17) is 14.8 Å². The van der Waals surface area contributed by atoms with E-state index in [0.29, 0.717) is 11.4 Å². The van der Waals surface area contributed by atoms with Crippen molar-refractivity contribution in [1.82, 2.24) is 9.66 Å². The van der Waals surface area contributed by atoms with Crippen LogP contribution in [0.2, 0.25) is 0 Å². The van der Waals surface area contributed by atoms with E-state index in [9.17, 15) is 4.79 Å². The molecular formula is C23H21N5O2S. The lowest BCUT2D eigenvalue weighted by Gasteiger charge is -2.18. The van der Waals surface area contributed by atoms with Crippen molar-refractivity contribution in [1.29, 1.82) is 0 Å². The summed E-state index contributed by atoms with van der Waals surface area (Å²) in [6.07, 6.45) is 3.80. The number of aromatic nitrogens is 2. The van der Waals surface area contributed by atoms with Gasteiger partial charge >= 0.3 is 0 Å². The first-order chi connectivity index (χ1) is 15.1. The van der Waals surface area contributed by atoms with Gasteiger partial charge in [-0.15, -0.1) is 11.3 Å². The van der Waals surface area contributed by atoms with Gasteiger partial charge in [-0.05, 0) is 38.1 Å². The minimum atomic E-state index is -0.157. The zero-order valence-corrected chi connectivity index (χ0v) is 17.9. The molecule has 3 heterocycles. The number of hydrogen-bond acceptors (Lipinski definition) is 5. The van der Waals surface area contributed by atoms with Crippen molar-refractivity contribution in [2.75, 3.05) is 11.9 Å². The second-order valence-corrected chi connectivity index (χ2v) is 8.36. The first-order valence-electron chi connectivity index (χ1n) is 10.0. The summed E-state index contributed by atoms with van der Waals surface area (Å²) in [6.45, 7) is 4.12. The normalized spacial score (nSPS) is 14.3. The quantitative estimate of drug-likeness (QED) is 0.474. The summed E-state index contributed by atoms with van der Waals surface area (Å²) in [5.74, 6) is 0.509.